The van der Waals surface area contributed by atoms with Gasteiger partial charge >= 0.3 is 0 Å². The average Bonchev–Trinajstić information content (AvgIpc) is 2.65. The molecule has 21 heavy (non-hydrogen) atoms. The summed E-state index contributed by atoms with van der Waals surface area (Å²) in [4.78, 5) is 7.47. The Morgan fingerprint density at radius 3 is 2.95 bits per heavy atom. The van der Waals surface area contributed by atoms with Crippen molar-refractivity contribution in [3.05, 3.63) is 35.3 Å². The zero-order valence-corrected chi connectivity index (χ0v) is 13.4. The van der Waals surface area contributed by atoms with Crippen molar-refractivity contribution in [2.24, 2.45) is 0 Å². The van der Waals surface area contributed by atoms with Gasteiger partial charge < -0.3 is 9.72 Å². The molecule has 3 heterocycles. The lowest BCUT2D eigenvalue weighted by Gasteiger charge is -2.20. The molecule has 1 saturated heterocycles. The van der Waals surface area contributed by atoms with E-state index in [9.17, 15) is 0 Å². The summed E-state index contributed by atoms with van der Waals surface area (Å²) in [5.41, 5.74) is 4.99. The lowest BCUT2D eigenvalue weighted by molar-refractivity contribution is 0.279. The first kappa shape index (κ1) is 14.5. The molecule has 0 aromatic carbocycles. The summed E-state index contributed by atoms with van der Waals surface area (Å²) in [7, 11) is 0. The molecule has 2 aromatic rings. The van der Waals surface area contributed by atoms with Crippen LogP contribution in [-0.2, 0) is 6.54 Å². The number of pyridine rings is 1. The maximum atomic E-state index is 4.92. The van der Waals surface area contributed by atoms with Crippen LogP contribution in [0.1, 0.15) is 43.1 Å². The zero-order chi connectivity index (χ0) is 14.8. The summed E-state index contributed by atoms with van der Waals surface area (Å²) in [6.45, 7) is 12.1. The van der Waals surface area contributed by atoms with Crippen molar-refractivity contribution >= 4 is 5.65 Å². The maximum Gasteiger partial charge on any atom is 0.140 e. The van der Waals surface area contributed by atoms with Crippen molar-refractivity contribution in [1.29, 1.82) is 0 Å². The topological polar surface area (TPSA) is 32.6 Å². The van der Waals surface area contributed by atoms with Crippen molar-refractivity contribution in [3.63, 3.8) is 0 Å². The van der Waals surface area contributed by atoms with E-state index >= 15 is 0 Å². The van der Waals surface area contributed by atoms with E-state index in [1.165, 1.54) is 29.9 Å². The summed E-state index contributed by atoms with van der Waals surface area (Å²) in [6, 6.07) is 4.27. The Labute approximate surface area is 127 Å². The Bertz CT molecular complexity index is 607. The quantitative estimate of drug-likeness (QED) is 0.941. The molecule has 0 atom stereocenters. The number of hydrogen-bond donors (Lipinski definition) is 1. The molecular weight excluding hydrogens is 260 g/mol. The van der Waals surface area contributed by atoms with Gasteiger partial charge in [-0.2, -0.15) is 0 Å². The minimum Gasteiger partial charge on any atom is -0.315 e. The zero-order valence-electron chi connectivity index (χ0n) is 13.4. The van der Waals surface area contributed by atoms with Gasteiger partial charge in [0.1, 0.15) is 5.65 Å². The first-order valence-electron chi connectivity index (χ1n) is 8.06. The Kier molecular flexibility index (Phi) is 4.27. The predicted molar refractivity (Wildman–Crippen MR) is 86.8 cm³/mol. The average molecular weight is 286 g/mol. The number of nitrogens with one attached hydrogen (secondary N) is 1. The van der Waals surface area contributed by atoms with Crippen LogP contribution in [0.4, 0.5) is 0 Å². The number of nitrogens with zero attached hydrogens (tertiary/aromatic N) is 3. The molecule has 114 valence electrons. The van der Waals surface area contributed by atoms with Gasteiger partial charge in [-0.3, -0.25) is 4.90 Å². The SMILES string of the molecule is Cc1cccn2c(CN3CCCNCC3)c(C(C)C)nc12. The smallest absolute Gasteiger partial charge is 0.140 e. The maximum absolute atomic E-state index is 4.92. The van der Waals surface area contributed by atoms with Crippen LogP contribution in [0.3, 0.4) is 0 Å². The van der Waals surface area contributed by atoms with E-state index in [0.717, 1.165) is 31.8 Å². The largest absolute Gasteiger partial charge is 0.315 e. The molecular formula is C17H26N4. The predicted octanol–water partition coefficient (Wildman–Crippen LogP) is 2.56. The molecule has 0 unspecified atom stereocenters. The molecule has 1 aliphatic rings. The monoisotopic (exact) mass is 286 g/mol. The van der Waals surface area contributed by atoms with Gasteiger partial charge in [0.25, 0.3) is 0 Å². The van der Waals surface area contributed by atoms with E-state index in [4.69, 9.17) is 4.98 Å². The molecule has 4 nitrogen and oxygen atoms in total. The number of imidazole rings is 1. The third-order valence-corrected chi connectivity index (χ3v) is 4.33. The first-order chi connectivity index (χ1) is 10.2. The highest BCUT2D eigenvalue weighted by molar-refractivity contribution is 5.50. The molecule has 1 fully saturated rings. The number of fused-ring (bicyclic) bond motifs is 1. The van der Waals surface area contributed by atoms with E-state index in [2.05, 4.69) is 53.7 Å². The Morgan fingerprint density at radius 2 is 2.14 bits per heavy atom. The van der Waals surface area contributed by atoms with Gasteiger partial charge in [-0.25, -0.2) is 4.98 Å². The van der Waals surface area contributed by atoms with Crippen molar-refractivity contribution < 1.29 is 0 Å². The highest BCUT2D eigenvalue weighted by atomic mass is 15.2. The highest BCUT2D eigenvalue weighted by Gasteiger charge is 2.19. The molecule has 0 radical (unpaired) electrons. The van der Waals surface area contributed by atoms with Crippen LogP contribution >= 0.6 is 0 Å². The summed E-state index contributed by atoms with van der Waals surface area (Å²) < 4.78 is 2.29. The van der Waals surface area contributed by atoms with E-state index in [1.807, 2.05) is 0 Å². The molecule has 3 rings (SSSR count). The van der Waals surface area contributed by atoms with Crippen LogP contribution in [0.15, 0.2) is 18.3 Å². The van der Waals surface area contributed by atoms with Crippen molar-refractivity contribution in [1.82, 2.24) is 19.6 Å². The molecule has 4 heteroatoms. The third kappa shape index (κ3) is 2.97. The summed E-state index contributed by atoms with van der Waals surface area (Å²) in [5.74, 6) is 0.462. The van der Waals surface area contributed by atoms with Crippen molar-refractivity contribution in [2.75, 3.05) is 26.2 Å². The lowest BCUT2D eigenvalue weighted by atomic mass is 10.1. The fourth-order valence-corrected chi connectivity index (χ4v) is 3.16. The number of rotatable bonds is 3. The molecule has 1 aliphatic heterocycles. The molecule has 1 N–H and O–H groups in total. The molecule has 0 spiro atoms. The van der Waals surface area contributed by atoms with Gasteiger partial charge in [-0.15, -0.1) is 0 Å². The van der Waals surface area contributed by atoms with Crippen LogP contribution in [-0.4, -0.2) is 40.5 Å². The van der Waals surface area contributed by atoms with Crippen LogP contribution in [0, 0.1) is 6.92 Å². The standard InChI is InChI=1S/C17H26N4/c1-13(2)16-15(12-20-9-5-7-18-8-11-20)21-10-4-6-14(3)17(21)19-16/h4,6,10,13,18H,5,7-9,11-12H2,1-3H3. The Hall–Kier alpha value is -1.39. The van der Waals surface area contributed by atoms with E-state index in [-0.39, 0.29) is 0 Å². The minimum atomic E-state index is 0.462. The van der Waals surface area contributed by atoms with Gasteiger partial charge in [0, 0.05) is 25.8 Å². The molecule has 0 aliphatic carbocycles. The van der Waals surface area contributed by atoms with Gasteiger partial charge in [0.15, 0.2) is 0 Å². The van der Waals surface area contributed by atoms with E-state index in [1.54, 1.807) is 0 Å². The fourth-order valence-electron chi connectivity index (χ4n) is 3.16. The van der Waals surface area contributed by atoms with Crippen molar-refractivity contribution in [3.8, 4) is 0 Å². The first-order valence-corrected chi connectivity index (χ1v) is 8.06. The van der Waals surface area contributed by atoms with Crippen LogP contribution < -0.4 is 5.32 Å². The Morgan fingerprint density at radius 1 is 1.29 bits per heavy atom. The second-order valence-electron chi connectivity index (χ2n) is 6.36. The highest BCUT2D eigenvalue weighted by Crippen LogP contribution is 2.23. The minimum absolute atomic E-state index is 0.462. The summed E-state index contributed by atoms with van der Waals surface area (Å²) >= 11 is 0. The number of aromatic nitrogens is 2. The Balaban J connectivity index is 1.98. The lowest BCUT2D eigenvalue weighted by Crippen LogP contribution is -2.28. The summed E-state index contributed by atoms with van der Waals surface area (Å²) in [5, 5.41) is 3.48. The van der Waals surface area contributed by atoms with E-state index in [0.29, 0.717) is 5.92 Å². The normalized spacial score (nSPS) is 17.5. The van der Waals surface area contributed by atoms with Gasteiger partial charge in [0.2, 0.25) is 0 Å². The third-order valence-electron chi connectivity index (χ3n) is 4.33. The second kappa shape index (κ2) is 6.16. The fraction of sp³-hybridized carbons (Fsp3) is 0.588. The van der Waals surface area contributed by atoms with Gasteiger partial charge in [0.05, 0.1) is 11.4 Å². The van der Waals surface area contributed by atoms with E-state index < -0.39 is 0 Å². The van der Waals surface area contributed by atoms with Gasteiger partial charge in [-0.05, 0) is 44.0 Å². The molecule has 2 aromatic heterocycles. The molecule has 0 amide bonds. The number of aryl methyl sites for hydroxylation is 1. The van der Waals surface area contributed by atoms with Crippen LogP contribution in [0.2, 0.25) is 0 Å². The molecule has 0 saturated carbocycles. The molecule has 0 bridgehead atoms. The van der Waals surface area contributed by atoms with Gasteiger partial charge in [-0.1, -0.05) is 19.9 Å². The van der Waals surface area contributed by atoms with Crippen LogP contribution in [0.25, 0.3) is 5.65 Å². The summed E-state index contributed by atoms with van der Waals surface area (Å²) in [6.07, 6.45) is 3.39. The van der Waals surface area contributed by atoms with Crippen LogP contribution in [0.5, 0.6) is 0 Å². The number of hydrogen-bond acceptors (Lipinski definition) is 3. The van der Waals surface area contributed by atoms with Crippen molar-refractivity contribution in [2.45, 2.75) is 39.7 Å². The second-order valence-corrected chi connectivity index (χ2v) is 6.36.